The summed E-state index contributed by atoms with van der Waals surface area (Å²) in [5.41, 5.74) is 0. The number of hydrogen-bond acceptors (Lipinski definition) is 4. The van der Waals surface area contributed by atoms with E-state index in [1.54, 1.807) is 4.57 Å². The van der Waals surface area contributed by atoms with Crippen molar-refractivity contribution in [2.24, 2.45) is 5.92 Å². The van der Waals surface area contributed by atoms with E-state index >= 15 is 0 Å². The minimum atomic E-state index is -3.82. The van der Waals surface area contributed by atoms with E-state index in [2.05, 4.69) is 4.98 Å². The fraction of sp³-hybridized carbons (Fsp3) is 0.636. The van der Waals surface area contributed by atoms with E-state index in [0.29, 0.717) is 6.54 Å². The Kier molecular flexibility index (Phi) is 3.91. The van der Waals surface area contributed by atoms with Crippen LogP contribution < -0.4 is 0 Å². The zero-order chi connectivity index (χ0) is 14.0. The molecule has 0 spiro atoms. The van der Waals surface area contributed by atoms with Gasteiger partial charge in [-0.05, 0) is 25.7 Å². The van der Waals surface area contributed by atoms with Crippen LogP contribution in [0.25, 0.3) is 0 Å². The molecular weight excluding hydrogens is 270 g/mol. The van der Waals surface area contributed by atoms with E-state index < -0.39 is 22.5 Å². The van der Waals surface area contributed by atoms with Crippen LogP contribution in [-0.4, -0.2) is 46.4 Å². The number of carbonyl (C=O) groups is 1. The van der Waals surface area contributed by atoms with E-state index in [4.69, 9.17) is 5.11 Å². The molecule has 0 saturated heterocycles. The number of aromatic nitrogens is 2. The lowest BCUT2D eigenvalue weighted by Crippen LogP contribution is -2.37. The molecule has 1 aromatic rings. The van der Waals surface area contributed by atoms with Crippen LogP contribution in [0.15, 0.2) is 17.6 Å². The number of sulfonamides is 1. The van der Waals surface area contributed by atoms with Crippen molar-refractivity contribution in [2.75, 3.05) is 13.1 Å². The zero-order valence-corrected chi connectivity index (χ0v) is 11.5. The minimum Gasteiger partial charge on any atom is -0.480 e. The van der Waals surface area contributed by atoms with Gasteiger partial charge in [-0.25, -0.2) is 13.4 Å². The molecule has 1 aliphatic rings. The minimum absolute atomic E-state index is 0.0868. The average Bonchev–Trinajstić information content (AvgIpc) is 3.02. The number of nitrogens with zero attached hydrogens (tertiary/aromatic N) is 3. The van der Waals surface area contributed by atoms with Gasteiger partial charge in [0.25, 0.3) is 10.0 Å². The molecule has 0 bridgehead atoms. The third-order valence-electron chi connectivity index (χ3n) is 3.05. The highest BCUT2D eigenvalue weighted by molar-refractivity contribution is 7.89. The van der Waals surface area contributed by atoms with Gasteiger partial charge in [-0.1, -0.05) is 0 Å². The fourth-order valence-electron chi connectivity index (χ4n) is 1.76. The van der Waals surface area contributed by atoms with E-state index in [1.807, 2.05) is 6.92 Å². The molecule has 0 amide bonds. The molecule has 1 saturated carbocycles. The Balaban J connectivity index is 2.23. The Hall–Kier alpha value is -1.41. The molecule has 8 heteroatoms. The van der Waals surface area contributed by atoms with Crippen LogP contribution in [-0.2, 0) is 21.4 Å². The van der Waals surface area contributed by atoms with Crippen molar-refractivity contribution in [3.05, 3.63) is 12.5 Å². The second-order valence-corrected chi connectivity index (χ2v) is 6.56. The summed E-state index contributed by atoms with van der Waals surface area (Å²) in [6, 6.07) is 0. The van der Waals surface area contributed by atoms with Gasteiger partial charge in [-0.3, -0.25) is 4.79 Å². The van der Waals surface area contributed by atoms with E-state index in [0.717, 1.165) is 17.1 Å². The van der Waals surface area contributed by atoms with Crippen molar-refractivity contribution in [2.45, 2.75) is 31.3 Å². The largest absolute Gasteiger partial charge is 0.480 e. The van der Waals surface area contributed by atoms with Crippen molar-refractivity contribution in [3.8, 4) is 0 Å². The predicted molar refractivity (Wildman–Crippen MR) is 67.0 cm³/mol. The Morgan fingerprint density at radius 1 is 1.58 bits per heavy atom. The third-order valence-corrected chi connectivity index (χ3v) is 4.75. The number of imidazole rings is 1. The summed E-state index contributed by atoms with van der Waals surface area (Å²) in [4.78, 5) is 14.7. The molecule has 0 aliphatic heterocycles. The SMILES string of the molecule is CCn1cnc(S(=O)(=O)N(CC(=O)O)CC2CC2)c1. The molecule has 1 aliphatic carbocycles. The molecule has 0 radical (unpaired) electrons. The Labute approximate surface area is 111 Å². The molecule has 1 aromatic heterocycles. The molecular formula is C11H17N3O4S. The molecule has 0 aromatic carbocycles. The van der Waals surface area contributed by atoms with Crippen LogP contribution in [0.5, 0.6) is 0 Å². The quantitative estimate of drug-likeness (QED) is 0.783. The topological polar surface area (TPSA) is 92.5 Å². The molecule has 106 valence electrons. The van der Waals surface area contributed by atoms with Gasteiger partial charge in [0.15, 0.2) is 5.03 Å². The molecule has 1 heterocycles. The molecule has 7 nitrogen and oxygen atoms in total. The van der Waals surface area contributed by atoms with Crippen molar-refractivity contribution in [3.63, 3.8) is 0 Å². The van der Waals surface area contributed by atoms with Crippen LogP contribution >= 0.6 is 0 Å². The number of hydrogen-bond donors (Lipinski definition) is 1. The summed E-state index contributed by atoms with van der Waals surface area (Å²) in [6.45, 7) is 2.23. The standard InChI is InChI=1S/C11H17N3O4S/c1-2-13-6-10(12-8-13)19(17,18)14(7-11(15)16)5-9-3-4-9/h6,8-9H,2-5,7H2,1H3,(H,15,16). The fourth-order valence-corrected chi connectivity index (χ4v) is 3.17. The van der Waals surface area contributed by atoms with Gasteiger partial charge in [-0.15, -0.1) is 0 Å². The molecule has 19 heavy (non-hydrogen) atoms. The van der Waals surface area contributed by atoms with Gasteiger partial charge in [0.1, 0.15) is 6.54 Å². The van der Waals surface area contributed by atoms with Crippen molar-refractivity contribution >= 4 is 16.0 Å². The first-order chi connectivity index (χ1) is 8.93. The highest BCUT2D eigenvalue weighted by Gasteiger charge is 2.34. The molecule has 0 atom stereocenters. The van der Waals surface area contributed by atoms with Crippen molar-refractivity contribution in [1.82, 2.24) is 13.9 Å². The third kappa shape index (κ3) is 3.32. The zero-order valence-electron chi connectivity index (χ0n) is 10.7. The first-order valence-corrected chi connectivity index (χ1v) is 7.61. The lowest BCUT2D eigenvalue weighted by molar-refractivity contribution is -0.137. The Bertz CT molecular complexity index is 562. The van der Waals surface area contributed by atoms with Crippen LogP contribution in [0.1, 0.15) is 19.8 Å². The summed E-state index contributed by atoms with van der Waals surface area (Å²) in [5, 5.41) is 8.76. The van der Waals surface area contributed by atoms with Gasteiger partial charge in [0, 0.05) is 19.3 Å². The van der Waals surface area contributed by atoms with Crippen molar-refractivity contribution < 1.29 is 18.3 Å². The second kappa shape index (κ2) is 5.30. The number of rotatable bonds is 7. The molecule has 1 N–H and O–H groups in total. The van der Waals surface area contributed by atoms with Crippen molar-refractivity contribution in [1.29, 1.82) is 0 Å². The summed E-state index contributed by atoms with van der Waals surface area (Å²) in [5.74, 6) is -0.874. The van der Waals surface area contributed by atoms with E-state index in [-0.39, 0.29) is 17.5 Å². The molecule has 1 fully saturated rings. The Morgan fingerprint density at radius 2 is 2.26 bits per heavy atom. The van der Waals surface area contributed by atoms with E-state index in [9.17, 15) is 13.2 Å². The maximum absolute atomic E-state index is 12.3. The molecule has 0 unspecified atom stereocenters. The first-order valence-electron chi connectivity index (χ1n) is 6.17. The average molecular weight is 287 g/mol. The maximum Gasteiger partial charge on any atom is 0.318 e. The van der Waals surface area contributed by atoms with Gasteiger partial charge in [-0.2, -0.15) is 4.31 Å². The van der Waals surface area contributed by atoms with Crippen LogP contribution in [0, 0.1) is 5.92 Å². The highest BCUT2D eigenvalue weighted by Crippen LogP contribution is 2.31. The van der Waals surface area contributed by atoms with E-state index in [1.165, 1.54) is 12.5 Å². The first kappa shape index (κ1) is 14.0. The van der Waals surface area contributed by atoms with Crippen LogP contribution in [0.4, 0.5) is 0 Å². The number of aliphatic carboxylic acids is 1. The number of aryl methyl sites for hydroxylation is 1. The van der Waals surface area contributed by atoms with Gasteiger partial charge < -0.3 is 9.67 Å². The van der Waals surface area contributed by atoms with Gasteiger partial charge in [0.05, 0.1) is 6.33 Å². The predicted octanol–water partition coefficient (Wildman–Crippen LogP) is 0.388. The lowest BCUT2D eigenvalue weighted by atomic mass is 10.4. The lowest BCUT2D eigenvalue weighted by Gasteiger charge is -2.18. The highest BCUT2D eigenvalue weighted by atomic mass is 32.2. The summed E-state index contributed by atoms with van der Waals surface area (Å²) >= 11 is 0. The maximum atomic E-state index is 12.3. The summed E-state index contributed by atoms with van der Waals surface area (Å²) in [7, 11) is -3.82. The Morgan fingerprint density at radius 3 is 2.74 bits per heavy atom. The smallest absolute Gasteiger partial charge is 0.318 e. The number of carboxylic acids is 1. The number of carboxylic acid groups (broad SMARTS) is 1. The van der Waals surface area contributed by atoms with Crippen LogP contribution in [0.2, 0.25) is 0 Å². The monoisotopic (exact) mass is 287 g/mol. The normalized spacial score (nSPS) is 15.9. The van der Waals surface area contributed by atoms with Gasteiger partial charge >= 0.3 is 5.97 Å². The molecule has 2 rings (SSSR count). The second-order valence-electron chi connectivity index (χ2n) is 4.68. The van der Waals surface area contributed by atoms with Gasteiger partial charge in [0.2, 0.25) is 0 Å². The van der Waals surface area contributed by atoms with Crippen LogP contribution in [0.3, 0.4) is 0 Å². The summed E-state index contributed by atoms with van der Waals surface area (Å²) < 4.78 is 27.3. The summed E-state index contributed by atoms with van der Waals surface area (Å²) in [6.07, 6.45) is 4.77.